The molecule has 1 N–H and O–H groups in total. The van der Waals surface area contributed by atoms with Gasteiger partial charge in [0.1, 0.15) is 0 Å². The predicted molar refractivity (Wildman–Crippen MR) is 111 cm³/mol. The molecule has 1 heterocycles. The quantitative estimate of drug-likeness (QED) is 0.764. The van der Waals surface area contributed by atoms with Crippen LogP contribution in [-0.2, 0) is 13.0 Å². The van der Waals surface area contributed by atoms with Gasteiger partial charge >= 0.3 is 0 Å². The minimum Gasteiger partial charge on any atom is -0.493 e. The number of hydrogen-bond donors (Lipinski definition) is 1. The van der Waals surface area contributed by atoms with E-state index in [4.69, 9.17) is 9.47 Å². The fraction of sp³-hybridized carbons (Fsp3) is 0.375. The second kappa shape index (κ2) is 8.39. The molecule has 152 valence electrons. The first-order valence-electron chi connectivity index (χ1n) is 10.0. The minimum atomic E-state index is -0.745. The van der Waals surface area contributed by atoms with Crippen molar-refractivity contribution in [1.29, 1.82) is 0 Å². The van der Waals surface area contributed by atoms with E-state index in [1.54, 1.807) is 20.3 Å². The smallest absolute Gasteiger partial charge is 0.169 e. The third-order valence-corrected chi connectivity index (χ3v) is 5.99. The Kier molecular flexibility index (Phi) is 5.69. The first kappa shape index (κ1) is 19.7. The molecule has 0 spiro atoms. The van der Waals surface area contributed by atoms with E-state index in [9.17, 15) is 9.90 Å². The Morgan fingerprint density at radius 1 is 1.14 bits per heavy atom. The number of carbonyl (C=O) groups is 1. The van der Waals surface area contributed by atoms with Crippen LogP contribution in [0.1, 0.15) is 27.9 Å². The van der Waals surface area contributed by atoms with Gasteiger partial charge in [0, 0.05) is 25.2 Å². The number of ether oxygens (including phenoxy) is 2. The molecule has 5 nitrogen and oxygen atoms in total. The molecule has 0 saturated heterocycles. The lowest BCUT2D eigenvalue weighted by molar-refractivity contribution is 0.0773. The van der Waals surface area contributed by atoms with Gasteiger partial charge in [-0.25, -0.2) is 0 Å². The van der Waals surface area contributed by atoms with E-state index in [0.717, 1.165) is 37.2 Å². The highest BCUT2D eigenvalue weighted by atomic mass is 16.5. The van der Waals surface area contributed by atoms with E-state index in [1.165, 1.54) is 5.56 Å². The fourth-order valence-corrected chi connectivity index (χ4v) is 4.34. The summed E-state index contributed by atoms with van der Waals surface area (Å²) < 4.78 is 10.7. The van der Waals surface area contributed by atoms with E-state index in [0.29, 0.717) is 23.5 Å². The van der Waals surface area contributed by atoms with Crippen molar-refractivity contribution in [2.75, 3.05) is 27.3 Å². The molecule has 2 atom stereocenters. The fourth-order valence-electron chi connectivity index (χ4n) is 4.34. The van der Waals surface area contributed by atoms with Crippen LogP contribution in [0.15, 0.2) is 54.1 Å². The number of ketones is 1. The maximum absolute atomic E-state index is 13.0. The number of aliphatic hydroxyl groups excluding tert-OH is 1. The standard InChI is InChI=1S/C24H27NO4/c1-28-21-13-18-12-20(24(27)19(18)14-22(21)29-2)23(26)17-8-10-25(11-9-17)15-16-6-4-3-5-7-16/h3-8,13-14,20,23,26H,9-12,15H2,1-2H3. The molecule has 0 fully saturated rings. The van der Waals surface area contributed by atoms with Gasteiger partial charge in [-0.2, -0.15) is 0 Å². The number of hydrogen-bond acceptors (Lipinski definition) is 5. The van der Waals surface area contributed by atoms with Crippen molar-refractivity contribution in [2.45, 2.75) is 25.5 Å². The average molecular weight is 393 g/mol. The molecule has 5 heteroatoms. The van der Waals surface area contributed by atoms with Crippen molar-refractivity contribution in [3.8, 4) is 11.5 Å². The van der Waals surface area contributed by atoms with Gasteiger partial charge in [0.2, 0.25) is 0 Å². The summed E-state index contributed by atoms with van der Waals surface area (Å²) in [7, 11) is 3.14. The van der Waals surface area contributed by atoms with E-state index >= 15 is 0 Å². The molecular weight excluding hydrogens is 366 g/mol. The Labute approximate surface area is 171 Å². The summed E-state index contributed by atoms with van der Waals surface area (Å²) >= 11 is 0. The van der Waals surface area contributed by atoms with Crippen LogP contribution in [0.3, 0.4) is 0 Å². The van der Waals surface area contributed by atoms with Gasteiger partial charge in [-0.05, 0) is 41.7 Å². The van der Waals surface area contributed by atoms with Crippen LogP contribution in [0.25, 0.3) is 0 Å². The highest BCUT2D eigenvalue weighted by molar-refractivity contribution is 6.03. The number of methoxy groups -OCH3 is 2. The number of aliphatic hydroxyl groups is 1. The molecule has 0 aromatic heterocycles. The van der Waals surface area contributed by atoms with Crippen LogP contribution < -0.4 is 9.47 Å². The van der Waals surface area contributed by atoms with Crippen molar-refractivity contribution >= 4 is 5.78 Å². The zero-order chi connectivity index (χ0) is 20.4. The van der Waals surface area contributed by atoms with Gasteiger partial charge in [-0.1, -0.05) is 36.4 Å². The molecule has 1 aliphatic carbocycles. The molecule has 0 radical (unpaired) electrons. The van der Waals surface area contributed by atoms with Crippen LogP contribution in [0, 0.1) is 5.92 Å². The van der Waals surface area contributed by atoms with Gasteiger partial charge in [0.15, 0.2) is 17.3 Å². The second-order valence-corrected chi connectivity index (χ2v) is 7.73. The lowest BCUT2D eigenvalue weighted by Gasteiger charge is -2.29. The lowest BCUT2D eigenvalue weighted by atomic mass is 9.89. The SMILES string of the molecule is COc1cc2c(cc1OC)C(=O)C(C(O)C1=CCN(Cc3ccccc3)CC1)C2. The van der Waals surface area contributed by atoms with Crippen LogP contribution in [-0.4, -0.2) is 49.2 Å². The van der Waals surface area contributed by atoms with Crippen molar-refractivity contribution in [2.24, 2.45) is 5.92 Å². The summed E-state index contributed by atoms with van der Waals surface area (Å²) in [5.74, 6) is 0.709. The number of fused-ring (bicyclic) bond motifs is 1. The lowest BCUT2D eigenvalue weighted by Crippen LogP contribution is -2.34. The highest BCUT2D eigenvalue weighted by Crippen LogP contribution is 2.39. The number of rotatable bonds is 6. The van der Waals surface area contributed by atoms with Crippen LogP contribution in [0.2, 0.25) is 0 Å². The van der Waals surface area contributed by atoms with Gasteiger partial charge in [0.25, 0.3) is 0 Å². The summed E-state index contributed by atoms with van der Waals surface area (Å²) in [4.78, 5) is 15.3. The summed E-state index contributed by atoms with van der Waals surface area (Å²) in [6.45, 7) is 2.57. The molecule has 0 bridgehead atoms. The molecule has 1 aliphatic heterocycles. The Bertz CT molecular complexity index is 922. The molecule has 2 aromatic rings. The molecule has 2 unspecified atom stereocenters. The molecule has 29 heavy (non-hydrogen) atoms. The largest absolute Gasteiger partial charge is 0.493 e. The van der Waals surface area contributed by atoms with Gasteiger partial charge in [-0.15, -0.1) is 0 Å². The summed E-state index contributed by atoms with van der Waals surface area (Å²) in [6.07, 6.45) is 2.65. The normalized spacial score (nSPS) is 20.2. The first-order chi connectivity index (χ1) is 14.1. The van der Waals surface area contributed by atoms with E-state index in [2.05, 4.69) is 35.2 Å². The van der Waals surface area contributed by atoms with Crippen LogP contribution >= 0.6 is 0 Å². The monoisotopic (exact) mass is 393 g/mol. The summed E-state index contributed by atoms with van der Waals surface area (Å²) in [5, 5.41) is 11.0. The van der Waals surface area contributed by atoms with Crippen molar-refractivity contribution in [3.05, 3.63) is 70.8 Å². The zero-order valence-corrected chi connectivity index (χ0v) is 16.9. The molecule has 2 aliphatic rings. The van der Waals surface area contributed by atoms with Gasteiger partial charge in [-0.3, -0.25) is 9.69 Å². The topological polar surface area (TPSA) is 59.0 Å². The van der Waals surface area contributed by atoms with E-state index in [-0.39, 0.29) is 5.78 Å². The van der Waals surface area contributed by atoms with Crippen molar-refractivity contribution in [3.63, 3.8) is 0 Å². The van der Waals surface area contributed by atoms with Crippen LogP contribution in [0.5, 0.6) is 11.5 Å². The third kappa shape index (κ3) is 3.93. The minimum absolute atomic E-state index is 0.0129. The third-order valence-electron chi connectivity index (χ3n) is 5.99. The number of carbonyl (C=O) groups excluding carboxylic acids is 1. The van der Waals surface area contributed by atoms with Gasteiger partial charge < -0.3 is 14.6 Å². The molecule has 2 aromatic carbocycles. The number of benzene rings is 2. The predicted octanol–water partition coefficient (Wildman–Crippen LogP) is 3.25. The maximum atomic E-state index is 13.0. The first-order valence-corrected chi connectivity index (χ1v) is 10.0. The zero-order valence-electron chi connectivity index (χ0n) is 16.9. The van der Waals surface area contributed by atoms with Gasteiger partial charge in [0.05, 0.1) is 26.2 Å². The Hall–Kier alpha value is -2.63. The maximum Gasteiger partial charge on any atom is 0.169 e. The number of Topliss-reactive ketones (excluding diaryl/α,β-unsaturated/α-hetero) is 1. The summed E-state index contributed by atoms with van der Waals surface area (Å²) in [6, 6.07) is 14.0. The highest BCUT2D eigenvalue weighted by Gasteiger charge is 2.38. The molecule has 0 saturated carbocycles. The Morgan fingerprint density at radius 2 is 1.86 bits per heavy atom. The van der Waals surface area contributed by atoms with Crippen molar-refractivity contribution < 1.29 is 19.4 Å². The molecule has 4 rings (SSSR count). The molecule has 0 amide bonds. The Morgan fingerprint density at radius 3 is 2.52 bits per heavy atom. The Balaban J connectivity index is 1.45. The average Bonchev–Trinajstić information content (AvgIpc) is 3.09. The molecular formula is C24H27NO4. The van der Waals surface area contributed by atoms with E-state index in [1.807, 2.05) is 12.1 Å². The van der Waals surface area contributed by atoms with Crippen molar-refractivity contribution in [1.82, 2.24) is 4.90 Å². The summed E-state index contributed by atoms with van der Waals surface area (Å²) in [5.41, 5.74) is 3.81. The van der Waals surface area contributed by atoms with E-state index < -0.39 is 12.0 Å². The van der Waals surface area contributed by atoms with Crippen LogP contribution in [0.4, 0.5) is 0 Å². The second-order valence-electron chi connectivity index (χ2n) is 7.73. The number of nitrogens with zero attached hydrogens (tertiary/aromatic N) is 1.